The lowest BCUT2D eigenvalue weighted by Crippen LogP contribution is -2.26. The summed E-state index contributed by atoms with van der Waals surface area (Å²) in [7, 11) is 1.83. The molecule has 0 spiro atoms. The van der Waals surface area contributed by atoms with Crippen LogP contribution in [0.3, 0.4) is 0 Å². The second-order valence-electron chi connectivity index (χ2n) is 5.59. The SMILES string of the molecule is Cc1cc(CNC(=O)C[C@H](CC(=O)O)c2ccccc2)n(C)n1. The molecule has 0 fully saturated rings. The van der Waals surface area contributed by atoms with Crippen molar-refractivity contribution in [3.8, 4) is 0 Å². The number of carboxylic acid groups (broad SMARTS) is 1. The number of nitrogens with one attached hydrogen (secondary N) is 1. The number of hydrogen-bond donors (Lipinski definition) is 2. The van der Waals surface area contributed by atoms with Crippen molar-refractivity contribution in [1.82, 2.24) is 15.1 Å². The molecule has 0 radical (unpaired) electrons. The number of carboxylic acids is 1. The van der Waals surface area contributed by atoms with Crippen LogP contribution in [0.2, 0.25) is 0 Å². The summed E-state index contributed by atoms with van der Waals surface area (Å²) in [6.07, 6.45) is 0.0788. The molecule has 23 heavy (non-hydrogen) atoms. The van der Waals surface area contributed by atoms with E-state index < -0.39 is 5.97 Å². The predicted octanol–water partition coefficient (Wildman–Crippen LogP) is 1.99. The lowest BCUT2D eigenvalue weighted by molar-refractivity contribution is -0.137. The summed E-state index contributed by atoms with van der Waals surface area (Å²) >= 11 is 0. The Morgan fingerprint density at radius 2 is 1.96 bits per heavy atom. The predicted molar refractivity (Wildman–Crippen MR) is 85.8 cm³/mol. The largest absolute Gasteiger partial charge is 0.481 e. The van der Waals surface area contributed by atoms with Gasteiger partial charge in [0.1, 0.15) is 0 Å². The number of aliphatic carboxylic acids is 1. The maximum Gasteiger partial charge on any atom is 0.303 e. The molecule has 0 aliphatic heterocycles. The van der Waals surface area contributed by atoms with E-state index in [0.29, 0.717) is 6.54 Å². The van der Waals surface area contributed by atoms with Gasteiger partial charge in [-0.2, -0.15) is 5.10 Å². The molecule has 1 heterocycles. The average Bonchev–Trinajstić information content (AvgIpc) is 2.83. The Balaban J connectivity index is 1.97. The topological polar surface area (TPSA) is 84.2 Å². The number of hydrogen-bond acceptors (Lipinski definition) is 3. The third-order valence-electron chi connectivity index (χ3n) is 3.69. The number of aryl methyl sites for hydroxylation is 2. The van der Waals surface area contributed by atoms with Gasteiger partial charge in [0.15, 0.2) is 0 Å². The van der Waals surface area contributed by atoms with E-state index in [4.69, 9.17) is 5.11 Å². The number of rotatable bonds is 7. The van der Waals surface area contributed by atoms with Gasteiger partial charge < -0.3 is 10.4 Å². The van der Waals surface area contributed by atoms with E-state index in [0.717, 1.165) is 17.0 Å². The lowest BCUT2D eigenvalue weighted by atomic mass is 9.92. The van der Waals surface area contributed by atoms with Gasteiger partial charge in [-0.05, 0) is 18.6 Å². The minimum atomic E-state index is -0.908. The van der Waals surface area contributed by atoms with Gasteiger partial charge in [-0.15, -0.1) is 0 Å². The van der Waals surface area contributed by atoms with Crippen LogP contribution in [-0.4, -0.2) is 26.8 Å². The van der Waals surface area contributed by atoms with Crippen molar-refractivity contribution in [1.29, 1.82) is 0 Å². The van der Waals surface area contributed by atoms with Crippen molar-refractivity contribution in [3.63, 3.8) is 0 Å². The molecule has 1 aromatic carbocycles. The summed E-state index contributed by atoms with van der Waals surface area (Å²) in [5.74, 6) is -1.41. The van der Waals surface area contributed by atoms with Crippen molar-refractivity contribution >= 4 is 11.9 Å². The molecule has 0 saturated heterocycles. The number of aromatic nitrogens is 2. The zero-order chi connectivity index (χ0) is 16.8. The summed E-state index contributed by atoms with van der Waals surface area (Å²) in [6, 6.07) is 11.2. The maximum absolute atomic E-state index is 12.2. The molecule has 122 valence electrons. The molecule has 0 aliphatic carbocycles. The first-order valence-electron chi connectivity index (χ1n) is 7.48. The van der Waals surface area contributed by atoms with Gasteiger partial charge in [-0.3, -0.25) is 14.3 Å². The van der Waals surface area contributed by atoms with E-state index in [9.17, 15) is 9.59 Å². The van der Waals surface area contributed by atoms with Gasteiger partial charge in [0.05, 0.1) is 24.4 Å². The number of benzene rings is 1. The van der Waals surface area contributed by atoms with Crippen molar-refractivity contribution in [2.45, 2.75) is 32.2 Å². The lowest BCUT2D eigenvalue weighted by Gasteiger charge is -2.15. The minimum Gasteiger partial charge on any atom is -0.481 e. The van der Waals surface area contributed by atoms with Crippen LogP contribution < -0.4 is 5.32 Å². The van der Waals surface area contributed by atoms with Crippen LogP contribution in [0.4, 0.5) is 0 Å². The van der Waals surface area contributed by atoms with Crippen LogP contribution in [-0.2, 0) is 23.2 Å². The number of carbonyl (C=O) groups is 2. The molecular weight excluding hydrogens is 294 g/mol. The van der Waals surface area contributed by atoms with E-state index >= 15 is 0 Å². The van der Waals surface area contributed by atoms with E-state index in [1.807, 2.05) is 50.4 Å². The first-order chi connectivity index (χ1) is 11.0. The van der Waals surface area contributed by atoms with Gasteiger partial charge in [-0.25, -0.2) is 0 Å². The molecule has 1 atom stereocenters. The van der Waals surface area contributed by atoms with Crippen molar-refractivity contribution in [2.24, 2.45) is 7.05 Å². The van der Waals surface area contributed by atoms with Gasteiger partial charge in [0, 0.05) is 19.4 Å². The fourth-order valence-corrected chi connectivity index (χ4v) is 2.56. The van der Waals surface area contributed by atoms with Crippen LogP contribution in [0.25, 0.3) is 0 Å². The van der Waals surface area contributed by atoms with Crippen molar-refractivity contribution in [2.75, 3.05) is 0 Å². The Bertz CT molecular complexity index is 680. The number of amides is 1. The standard InChI is InChI=1S/C17H21N3O3/c1-12-8-15(20(2)19-12)11-18-16(21)9-14(10-17(22)23)13-6-4-3-5-7-13/h3-8,14H,9-11H2,1-2H3,(H,18,21)(H,22,23)/t14-/m1/s1. The Morgan fingerprint density at radius 1 is 1.26 bits per heavy atom. The summed E-state index contributed by atoms with van der Waals surface area (Å²) in [4.78, 5) is 23.2. The van der Waals surface area contributed by atoms with Crippen LogP contribution >= 0.6 is 0 Å². The molecule has 0 saturated carbocycles. The van der Waals surface area contributed by atoms with Gasteiger partial charge in [0.25, 0.3) is 0 Å². The van der Waals surface area contributed by atoms with E-state index in [-0.39, 0.29) is 24.7 Å². The maximum atomic E-state index is 12.2. The Hall–Kier alpha value is -2.63. The smallest absolute Gasteiger partial charge is 0.303 e. The second kappa shape index (κ2) is 7.58. The Labute approximate surface area is 135 Å². The zero-order valence-corrected chi connectivity index (χ0v) is 13.3. The van der Waals surface area contributed by atoms with Crippen molar-refractivity contribution in [3.05, 3.63) is 53.3 Å². The minimum absolute atomic E-state index is 0.0672. The molecule has 2 N–H and O–H groups in total. The summed E-state index contributed by atoms with van der Waals surface area (Å²) in [5, 5.41) is 16.1. The number of nitrogens with zero attached hydrogens (tertiary/aromatic N) is 2. The van der Waals surface area contributed by atoms with Crippen LogP contribution in [0, 0.1) is 6.92 Å². The van der Waals surface area contributed by atoms with Crippen LogP contribution in [0.1, 0.15) is 35.7 Å². The normalized spacial score (nSPS) is 11.9. The van der Waals surface area contributed by atoms with Crippen LogP contribution in [0.15, 0.2) is 36.4 Å². The average molecular weight is 315 g/mol. The molecule has 0 bridgehead atoms. The summed E-state index contributed by atoms with van der Waals surface area (Å²) < 4.78 is 1.72. The fraction of sp³-hybridized carbons (Fsp3) is 0.353. The summed E-state index contributed by atoms with van der Waals surface area (Å²) in [5.41, 5.74) is 2.66. The molecule has 1 amide bonds. The summed E-state index contributed by atoms with van der Waals surface area (Å²) in [6.45, 7) is 2.27. The molecular formula is C17H21N3O3. The molecule has 1 aromatic heterocycles. The monoisotopic (exact) mass is 315 g/mol. The highest BCUT2D eigenvalue weighted by Gasteiger charge is 2.19. The molecule has 2 aromatic rings. The van der Waals surface area contributed by atoms with Gasteiger partial charge >= 0.3 is 5.97 Å². The quantitative estimate of drug-likeness (QED) is 0.818. The molecule has 0 unspecified atom stereocenters. The Kier molecular flexibility index (Phi) is 5.51. The molecule has 2 rings (SSSR count). The number of carbonyl (C=O) groups excluding carboxylic acids is 1. The van der Waals surface area contributed by atoms with E-state index in [1.165, 1.54) is 0 Å². The third kappa shape index (κ3) is 4.95. The van der Waals surface area contributed by atoms with E-state index in [1.54, 1.807) is 4.68 Å². The molecule has 0 aliphatic rings. The third-order valence-corrected chi connectivity index (χ3v) is 3.69. The Morgan fingerprint density at radius 3 is 2.52 bits per heavy atom. The van der Waals surface area contributed by atoms with Crippen LogP contribution in [0.5, 0.6) is 0 Å². The highest BCUT2D eigenvalue weighted by atomic mass is 16.4. The fourth-order valence-electron chi connectivity index (χ4n) is 2.56. The molecule has 6 nitrogen and oxygen atoms in total. The second-order valence-corrected chi connectivity index (χ2v) is 5.59. The highest BCUT2D eigenvalue weighted by Crippen LogP contribution is 2.23. The first-order valence-corrected chi connectivity index (χ1v) is 7.48. The highest BCUT2D eigenvalue weighted by molar-refractivity contribution is 5.78. The van der Waals surface area contributed by atoms with Gasteiger partial charge in [0.2, 0.25) is 5.91 Å². The van der Waals surface area contributed by atoms with Gasteiger partial charge in [-0.1, -0.05) is 30.3 Å². The van der Waals surface area contributed by atoms with Crippen molar-refractivity contribution < 1.29 is 14.7 Å². The first kappa shape index (κ1) is 16.7. The zero-order valence-electron chi connectivity index (χ0n) is 13.3. The van der Waals surface area contributed by atoms with E-state index in [2.05, 4.69) is 10.4 Å². The molecule has 6 heteroatoms.